The third-order valence-corrected chi connectivity index (χ3v) is 6.64. The lowest BCUT2D eigenvalue weighted by atomic mass is 9.84. The van der Waals surface area contributed by atoms with E-state index in [9.17, 15) is 0 Å². The lowest BCUT2D eigenvalue weighted by Crippen LogP contribution is -2.43. The zero-order chi connectivity index (χ0) is 21.5. The van der Waals surface area contributed by atoms with Crippen LogP contribution in [0, 0.1) is 0 Å². The van der Waals surface area contributed by atoms with Crippen molar-refractivity contribution >= 4 is 17.3 Å². The highest BCUT2D eigenvalue weighted by Gasteiger charge is 2.28. The first-order chi connectivity index (χ1) is 14.6. The second-order valence-corrected chi connectivity index (χ2v) is 8.66. The van der Waals surface area contributed by atoms with Gasteiger partial charge in [0, 0.05) is 41.1 Å². The summed E-state index contributed by atoms with van der Waals surface area (Å²) < 4.78 is 0. The van der Waals surface area contributed by atoms with Crippen LogP contribution in [0.1, 0.15) is 58.4 Å². The van der Waals surface area contributed by atoms with Crippen molar-refractivity contribution in [2.45, 2.75) is 58.9 Å². The first-order valence-corrected chi connectivity index (χ1v) is 11.6. The Hall–Kier alpha value is -2.03. The number of nitrogens with one attached hydrogen (secondary N) is 1. The van der Waals surface area contributed by atoms with Crippen LogP contribution in [0.4, 0.5) is 0 Å². The predicted molar refractivity (Wildman–Crippen MR) is 131 cm³/mol. The zero-order valence-electron chi connectivity index (χ0n) is 18.7. The van der Waals surface area contributed by atoms with Crippen LogP contribution in [0.2, 0.25) is 5.02 Å². The van der Waals surface area contributed by atoms with Crippen LogP contribution < -0.4 is 5.32 Å². The van der Waals surface area contributed by atoms with Crippen LogP contribution in [-0.4, -0.2) is 24.0 Å². The monoisotopic (exact) mass is 422 g/mol. The van der Waals surface area contributed by atoms with Gasteiger partial charge in [0.25, 0.3) is 0 Å². The smallest absolute Gasteiger partial charge is 0.0499 e. The van der Waals surface area contributed by atoms with Gasteiger partial charge in [0.2, 0.25) is 0 Å². The van der Waals surface area contributed by atoms with Gasteiger partial charge < -0.3 is 5.32 Å². The molecule has 160 valence electrons. The molecule has 1 N–H and O–H groups in total. The molecule has 1 fully saturated rings. The van der Waals surface area contributed by atoms with Crippen molar-refractivity contribution in [3.05, 3.63) is 88.2 Å². The van der Waals surface area contributed by atoms with Gasteiger partial charge in [-0.3, -0.25) is 4.90 Å². The van der Waals surface area contributed by atoms with Gasteiger partial charge >= 0.3 is 0 Å². The minimum atomic E-state index is 0.599. The molecule has 1 saturated carbocycles. The molecule has 3 heteroatoms. The van der Waals surface area contributed by atoms with Crippen LogP contribution in [-0.2, 0) is 0 Å². The Morgan fingerprint density at radius 2 is 2.07 bits per heavy atom. The van der Waals surface area contributed by atoms with E-state index in [1.165, 1.54) is 28.8 Å². The van der Waals surface area contributed by atoms with Crippen LogP contribution in [0.15, 0.2) is 77.6 Å². The number of benzene rings is 1. The van der Waals surface area contributed by atoms with Crippen LogP contribution in [0.3, 0.4) is 0 Å². The molecular weight excluding hydrogens is 388 g/mol. The Morgan fingerprint density at radius 1 is 1.27 bits per heavy atom. The molecule has 1 aliphatic heterocycles. The highest BCUT2D eigenvalue weighted by Crippen LogP contribution is 2.34. The van der Waals surface area contributed by atoms with Gasteiger partial charge in [-0.05, 0) is 63.2 Å². The quantitative estimate of drug-likeness (QED) is 0.518. The SMILES string of the molecule is C=C/C=C1/CCC(N2CCC(C)=C(N/C(=C/CC)c3ccccc3Cl)C2)C/C1=C/C. The van der Waals surface area contributed by atoms with E-state index < -0.39 is 0 Å². The van der Waals surface area contributed by atoms with Gasteiger partial charge in [0.1, 0.15) is 0 Å². The molecule has 30 heavy (non-hydrogen) atoms. The van der Waals surface area contributed by atoms with Crippen molar-refractivity contribution in [2.75, 3.05) is 13.1 Å². The van der Waals surface area contributed by atoms with E-state index in [2.05, 4.69) is 67.9 Å². The molecule has 0 bridgehead atoms. The normalized spacial score (nSPS) is 23.9. The van der Waals surface area contributed by atoms with E-state index in [1.54, 1.807) is 0 Å². The molecule has 2 aliphatic rings. The summed E-state index contributed by atoms with van der Waals surface area (Å²) in [4.78, 5) is 2.67. The van der Waals surface area contributed by atoms with Gasteiger partial charge in [0.05, 0.1) is 0 Å². The number of allylic oxidation sites excluding steroid dienone is 5. The maximum atomic E-state index is 6.50. The molecular formula is C27H35ClN2. The lowest BCUT2D eigenvalue weighted by Gasteiger charge is -2.40. The molecule has 0 aromatic heterocycles. The lowest BCUT2D eigenvalue weighted by molar-refractivity contribution is 0.184. The molecule has 1 aromatic carbocycles. The first-order valence-electron chi connectivity index (χ1n) is 11.2. The van der Waals surface area contributed by atoms with Gasteiger partial charge in [-0.2, -0.15) is 0 Å². The summed E-state index contributed by atoms with van der Waals surface area (Å²) in [5.74, 6) is 0. The summed E-state index contributed by atoms with van der Waals surface area (Å²) in [6.07, 6.45) is 14.2. The van der Waals surface area contributed by atoms with Crippen molar-refractivity contribution in [2.24, 2.45) is 0 Å². The van der Waals surface area contributed by atoms with E-state index in [-0.39, 0.29) is 0 Å². The summed E-state index contributed by atoms with van der Waals surface area (Å²) in [6.45, 7) is 12.6. The second-order valence-electron chi connectivity index (χ2n) is 8.25. The molecule has 1 atom stereocenters. The topological polar surface area (TPSA) is 15.3 Å². The molecule has 0 amide bonds. The van der Waals surface area contributed by atoms with E-state index in [0.29, 0.717) is 6.04 Å². The van der Waals surface area contributed by atoms with Crippen molar-refractivity contribution in [3.8, 4) is 0 Å². The number of hydrogen-bond acceptors (Lipinski definition) is 2. The van der Waals surface area contributed by atoms with Crippen molar-refractivity contribution < 1.29 is 0 Å². The third-order valence-electron chi connectivity index (χ3n) is 6.31. The fourth-order valence-corrected chi connectivity index (χ4v) is 4.77. The largest absolute Gasteiger partial charge is 0.358 e. The standard InChI is InChI=1S/C27H35ClN2/c1-5-10-22-14-15-23(18-21(22)7-3)30-17-16-20(4)27(19-30)29-26(11-6-2)24-12-8-9-13-25(24)28/h5,7-13,23,29H,1,6,14-19H2,2-4H3/b21-7-,22-10-,26-11+. The van der Waals surface area contributed by atoms with E-state index in [1.807, 2.05) is 18.2 Å². The van der Waals surface area contributed by atoms with Crippen molar-refractivity contribution in [1.29, 1.82) is 0 Å². The van der Waals surface area contributed by atoms with Crippen LogP contribution >= 0.6 is 11.6 Å². The molecule has 2 nitrogen and oxygen atoms in total. The highest BCUT2D eigenvalue weighted by atomic mass is 35.5. The summed E-state index contributed by atoms with van der Waals surface area (Å²) in [6, 6.07) is 8.70. The van der Waals surface area contributed by atoms with Gasteiger partial charge in [0.15, 0.2) is 0 Å². The van der Waals surface area contributed by atoms with E-state index in [0.717, 1.165) is 55.1 Å². The Bertz CT molecular complexity index is 888. The van der Waals surface area contributed by atoms with Crippen LogP contribution in [0.5, 0.6) is 0 Å². The maximum Gasteiger partial charge on any atom is 0.0499 e. The van der Waals surface area contributed by atoms with Crippen molar-refractivity contribution in [1.82, 2.24) is 10.2 Å². The first kappa shape index (κ1) is 22.7. The summed E-state index contributed by atoms with van der Waals surface area (Å²) in [5.41, 5.74) is 7.91. The minimum absolute atomic E-state index is 0.599. The number of nitrogens with zero attached hydrogens (tertiary/aromatic N) is 1. The van der Waals surface area contributed by atoms with E-state index in [4.69, 9.17) is 11.6 Å². The Kier molecular flexibility index (Phi) is 8.18. The Balaban J connectivity index is 1.76. The zero-order valence-corrected chi connectivity index (χ0v) is 19.4. The molecule has 1 unspecified atom stereocenters. The molecule has 1 aromatic rings. The average Bonchev–Trinajstić information content (AvgIpc) is 2.76. The van der Waals surface area contributed by atoms with Crippen LogP contribution in [0.25, 0.3) is 5.70 Å². The van der Waals surface area contributed by atoms with Gasteiger partial charge in [-0.15, -0.1) is 0 Å². The number of hydrogen-bond donors (Lipinski definition) is 1. The fraction of sp³-hybridized carbons (Fsp3) is 0.407. The van der Waals surface area contributed by atoms with Crippen molar-refractivity contribution in [3.63, 3.8) is 0 Å². The van der Waals surface area contributed by atoms with E-state index >= 15 is 0 Å². The molecule has 1 aliphatic carbocycles. The molecule has 0 spiro atoms. The molecule has 0 saturated heterocycles. The number of rotatable bonds is 6. The maximum absolute atomic E-state index is 6.50. The average molecular weight is 423 g/mol. The predicted octanol–water partition coefficient (Wildman–Crippen LogP) is 7.27. The minimum Gasteiger partial charge on any atom is -0.358 e. The molecule has 0 radical (unpaired) electrons. The summed E-state index contributed by atoms with van der Waals surface area (Å²) >= 11 is 6.50. The third kappa shape index (κ3) is 5.36. The number of halogens is 1. The summed E-state index contributed by atoms with van der Waals surface area (Å²) in [7, 11) is 0. The second kappa shape index (κ2) is 10.8. The van der Waals surface area contributed by atoms with Gasteiger partial charge in [-0.1, -0.05) is 73.2 Å². The molecule has 1 heterocycles. The van der Waals surface area contributed by atoms with Gasteiger partial charge in [-0.25, -0.2) is 0 Å². The fourth-order valence-electron chi connectivity index (χ4n) is 4.53. The Morgan fingerprint density at radius 3 is 2.77 bits per heavy atom. The highest BCUT2D eigenvalue weighted by molar-refractivity contribution is 6.32. The summed E-state index contributed by atoms with van der Waals surface area (Å²) in [5, 5.41) is 4.56. The molecule has 3 rings (SSSR count). The Labute approximate surface area is 187 Å².